The SMILES string of the molecule is CCOc1cccc(N2CC(C)C(C)C2)c1N. The molecule has 0 radical (unpaired) electrons. The van der Waals surface area contributed by atoms with Crippen LogP contribution in [0.2, 0.25) is 0 Å². The smallest absolute Gasteiger partial charge is 0.144 e. The fraction of sp³-hybridized carbons (Fsp3) is 0.571. The molecule has 1 aliphatic heterocycles. The van der Waals surface area contributed by atoms with Gasteiger partial charge in [-0.3, -0.25) is 0 Å². The van der Waals surface area contributed by atoms with E-state index in [9.17, 15) is 0 Å². The molecule has 1 saturated heterocycles. The van der Waals surface area contributed by atoms with Crippen molar-refractivity contribution >= 4 is 11.4 Å². The quantitative estimate of drug-likeness (QED) is 0.817. The molecular weight excluding hydrogens is 212 g/mol. The molecule has 0 aromatic heterocycles. The van der Waals surface area contributed by atoms with E-state index in [2.05, 4.69) is 24.8 Å². The zero-order valence-electron chi connectivity index (χ0n) is 10.9. The van der Waals surface area contributed by atoms with E-state index >= 15 is 0 Å². The highest BCUT2D eigenvalue weighted by molar-refractivity contribution is 5.74. The lowest BCUT2D eigenvalue weighted by molar-refractivity contribution is 0.342. The lowest BCUT2D eigenvalue weighted by Gasteiger charge is -2.21. The van der Waals surface area contributed by atoms with E-state index in [1.165, 1.54) is 0 Å². The maximum absolute atomic E-state index is 6.17. The van der Waals surface area contributed by atoms with Crippen LogP contribution in [-0.2, 0) is 0 Å². The second-order valence-corrected chi connectivity index (χ2v) is 4.98. The number of ether oxygens (including phenoxy) is 1. The van der Waals surface area contributed by atoms with Crippen molar-refractivity contribution in [3.8, 4) is 5.75 Å². The van der Waals surface area contributed by atoms with Crippen molar-refractivity contribution < 1.29 is 4.74 Å². The van der Waals surface area contributed by atoms with Crippen molar-refractivity contribution in [3.63, 3.8) is 0 Å². The molecule has 1 aromatic rings. The summed E-state index contributed by atoms with van der Waals surface area (Å²) in [4.78, 5) is 2.37. The minimum Gasteiger partial charge on any atom is -0.492 e. The Kier molecular flexibility index (Phi) is 3.46. The van der Waals surface area contributed by atoms with Crippen LogP contribution in [0.4, 0.5) is 11.4 Å². The second kappa shape index (κ2) is 4.86. The Morgan fingerprint density at radius 2 is 1.94 bits per heavy atom. The van der Waals surface area contributed by atoms with Gasteiger partial charge in [-0.25, -0.2) is 0 Å². The molecule has 1 aliphatic rings. The van der Waals surface area contributed by atoms with Gasteiger partial charge in [0.2, 0.25) is 0 Å². The van der Waals surface area contributed by atoms with E-state index in [-0.39, 0.29) is 0 Å². The van der Waals surface area contributed by atoms with Crippen molar-refractivity contribution in [2.24, 2.45) is 11.8 Å². The molecule has 17 heavy (non-hydrogen) atoms. The molecule has 3 nitrogen and oxygen atoms in total. The third-order valence-corrected chi connectivity index (χ3v) is 3.67. The molecule has 1 heterocycles. The number of nitrogen functional groups attached to an aromatic ring is 1. The minimum absolute atomic E-state index is 0.653. The summed E-state index contributed by atoms with van der Waals surface area (Å²) < 4.78 is 5.54. The molecule has 2 rings (SSSR count). The van der Waals surface area contributed by atoms with Crippen LogP contribution in [0.3, 0.4) is 0 Å². The minimum atomic E-state index is 0.653. The summed E-state index contributed by atoms with van der Waals surface area (Å²) in [5.41, 5.74) is 8.06. The molecule has 0 bridgehead atoms. The number of nitrogens with zero attached hydrogens (tertiary/aromatic N) is 1. The van der Waals surface area contributed by atoms with E-state index in [1.807, 2.05) is 19.1 Å². The monoisotopic (exact) mass is 234 g/mol. The summed E-state index contributed by atoms with van der Waals surface area (Å²) in [5, 5.41) is 0. The van der Waals surface area contributed by atoms with Gasteiger partial charge in [0, 0.05) is 13.1 Å². The Labute approximate surface area is 104 Å². The number of nitrogens with two attached hydrogens (primary N) is 1. The zero-order chi connectivity index (χ0) is 12.4. The lowest BCUT2D eigenvalue weighted by Crippen LogP contribution is -2.21. The third kappa shape index (κ3) is 2.33. The van der Waals surface area contributed by atoms with Crippen molar-refractivity contribution in [2.75, 3.05) is 30.3 Å². The summed E-state index contributed by atoms with van der Waals surface area (Å²) in [7, 11) is 0. The molecule has 1 fully saturated rings. The van der Waals surface area contributed by atoms with Gasteiger partial charge >= 0.3 is 0 Å². The van der Waals surface area contributed by atoms with E-state index in [4.69, 9.17) is 10.5 Å². The highest BCUT2D eigenvalue weighted by atomic mass is 16.5. The van der Waals surface area contributed by atoms with E-state index in [0.717, 1.165) is 42.0 Å². The van der Waals surface area contributed by atoms with E-state index < -0.39 is 0 Å². The second-order valence-electron chi connectivity index (χ2n) is 4.98. The highest BCUT2D eigenvalue weighted by Gasteiger charge is 2.27. The third-order valence-electron chi connectivity index (χ3n) is 3.67. The standard InChI is InChI=1S/C14H22N2O/c1-4-17-13-7-5-6-12(14(13)15)16-8-10(2)11(3)9-16/h5-7,10-11H,4,8-9,15H2,1-3H3. The van der Waals surface area contributed by atoms with Crippen LogP contribution in [0.1, 0.15) is 20.8 Å². The molecule has 2 unspecified atom stereocenters. The summed E-state index contributed by atoms with van der Waals surface area (Å²) >= 11 is 0. The van der Waals surface area contributed by atoms with Gasteiger partial charge in [0.25, 0.3) is 0 Å². The molecule has 3 heteroatoms. The average Bonchev–Trinajstić information content (AvgIpc) is 2.62. The maximum atomic E-state index is 6.17. The Morgan fingerprint density at radius 1 is 1.29 bits per heavy atom. The molecule has 2 atom stereocenters. The fourth-order valence-corrected chi connectivity index (χ4v) is 2.42. The van der Waals surface area contributed by atoms with Crippen LogP contribution in [0.15, 0.2) is 18.2 Å². The number of hydrogen-bond acceptors (Lipinski definition) is 3. The molecule has 0 amide bonds. The first kappa shape index (κ1) is 12.1. The number of para-hydroxylation sites is 1. The zero-order valence-corrected chi connectivity index (χ0v) is 10.9. The lowest BCUT2D eigenvalue weighted by atomic mass is 10.0. The number of hydrogen-bond donors (Lipinski definition) is 1. The summed E-state index contributed by atoms with van der Waals surface area (Å²) in [6.07, 6.45) is 0. The summed E-state index contributed by atoms with van der Waals surface area (Å²) in [6, 6.07) is 6.04. The van der Waals surface area contributed by atoms with Gasteiger partial charge in [-0.2, -0.15) is 0 Å². The van der Waals surface area contributed by atoms with Crippen molar-refractivity contribution in [1.82, 2.24) is 0 Å². The molecule has 0 spiro atoms. The first-order valence-corrected chi connectivity index (χ1v) is 6.39. The van der Waals surface area contributed by atoms with E-state index in [0.29, 0.717) is 6.61 Å². The first-order chi connectivity index (χ1) is 8.13. The van der Waals surface area contributed by atoms with Gasteiger partial charge in [0.05, 0.1) is 18.0 Å². The van der Waals surface area contributed by atoms with E-state index in [1.54, 1.807) is 0 Å². The van der Waals surface area contributed by atoms with Gasteiger partial charge in [0.15, 0.2) is 0 Å². The van der Waals surface area contributed by atoms with Crippen LogP contribution in [0.25, 0.3) is 0 Å². The van der Waals surface area contributed by atoms with Crippen molar-refractivity contribution in [2.45, 2.75) is 20.8 Å². The number of anilines is 2. The first-order valence-electron chi connectivity index (χ1n) is 6.39. The van der Waals surface area contributed by atoms with Crippen LogP contribution in [0, 0.1) is 11.8 Å². The van der Waals surface area contributed by atoms with Gasteiger partial charge in [-0.05, 0) is 30.9 Å². The Hall–Kier alpha value is -1.38. The molecular formula is C14H22N2O. The maximum Gasteiger partial charge on any atom is 0.144 e. The summed E-state index contributed by atoms with van der Waals surface area (Å²) in [5.74, 6) is 2.26. The normalized spacial score (nSPS) is 24.1. The number of benzene rings is 1. The Bertz CT molecular complexity index is 382. The molecule has 0 aliphatic carbocycles. The van der Waals surface area contributed by atoms with Crippen molar-refractivity contribution in [1.29, 1.82) is 0 Å². The van der Waals surface area contributed by atoms with Crippen molar-refractivity contribution in [3.05, 3.63) is 18.2 Å². The average molecular weight is 234 g/mol. The van der Waals surface area contributed by atoms with Crippen LogP contribution in [-0.4, -0.2) is 19.7 Å². The predicted octanol–water partition coefficient (Wildman–Crippen LogP) is 2.76. The molecule has 1 aromatic carbocycles. The largest absolute Gasteiger partial charge is 0.492 e. The molecule has 94 valence electrons. The summed E-state index contributed by atoms with van der Waals surface area (Å²) in [6.45, 7) is 9.40. The topological polar surface area (TPSA) is 38.5 Å². The predicted molar refractivity (Wildman–Crippen MR) is 72.6 cm³/mol. The fourth-order valence-electron chi connectivity index (χ4n) is 2.42. The Balaban J connectivity index is 2.24. The van der Waals surface area contributed by atoms with Crippen LogP contribution < -0.4 is 15.4 Å². The molecule has 2 N–H and O–H groups in total. The number of rotatable bonds is 3. The van der Waals surface area contributed by atoms with Crippen LogP contribution in [0.5, 0.6) is 5.75 Å². The van der Waals surface area contributed by atoms with Gasteiger partial charge in [0.1, 0.15) is 5.75 Å². The highest BCUT2D eigenvalue weighted by Crippen LogP contribution is 2.36. The van der Waals surface area contributed by atoms with Gasteiger partial charge in [-0.15, -0.1) is 0 Å². The van der Waals surface area contributed by atoms with Crippen LogP contribution >= 0.6 is 0 Å². The van der Waals surface area contributed by atoms with Gasteiger partial charge in [-0.1, -0.05) is 19.9 Å². The van der Waals surface area contributed by atoms with Gasteiger partial charge < -0.3 is 15.4 Å². The Morgan fingerprint density at radius 3 is 2.53 bits per heavy atom. The molecule has 0 saturated carbocycles.